The Bertz CT molecular complexity index is 872. The first-order valence-corrected chi connectivity index (χ1v) is 11.4. The Hall–Kier alpha value is -1.91. The Morgan fingerprint density at radius 1 is 1.00 bits per heavy atom. The van der Waals surface area contributed by atoms with Gasteiger partial charge in [-0.1, -0.05) is 29.8 Å². The third-order valence-electron chi connectivity index (χ3n) is 5.15. The number of fused-ring (bicyclic) bond motifs is 1. The molecule has 0 aromatic heterocycles. The van der Waals surface area contributed by atoms with Crippen LogP contribution in [0.4, 0.5) is 0 Å². The molecule has 33 heavy (non-hydrogen) atoms. The third-order valence-corrected chi connectivity index (χ3v) is 5.39. The van der Waals surface area contributed by atoms with Gasteiger partial charge < -0.3 is 39.6 Å². The van der Waals surface area contributed by atoms with Crippen molar-refractivity contribution in [3.63, 3.8) is 0 Å². The van der Waals surface area contributed by atoms with Crippen LogP contribution < -0.4 is 14.8 Å². The zero-order valence-corrected chi connectivity index (χ0v) is 19.5. The van der Waals surface area contributed by atoms with Gasteiger partial charge in [0.15, 0.2) is 11.5 Å². The number of nitrogens with one attached hydrogen (secondary N) is 1. The zero-order valence-electron chi connectivity index (χ0n) is 18.7. The van der Waals surface area contributed by atoms with Crippen molar-refractivity contribution in [2.24, 2.45) is 0 Å². The number of hydrogen-bond acceptors (Lipinski definition) is 8. The third kappa shape index (κ3) is 7.55. The van der Waals surface area contributed by atoms with Gasteiger partial charge in [0.05, 0.1) is 32.5 Å². The number of aliphatic hydroxyl groups excluding tert-OH is 3. The van der Waals surface area contributed by atoms with E-state index in [0.717, 1.165) is 11.1 Å². The van der Waals surface area contributed by atoms with E-state index in [1.165, 1.54) is 0 Å². The summed E-state index contributed by atoms with van der Waals surface area (Å²) in [7, 11) is 0. The second-order valence-electron chi connectivity index (χ2n) is 8.03. The van der Waals surface area contributed by atoms with E-state index in [-0.39, 0.29) is 45.7 Å². The van der Waals surface area contributed by atoms with Crippen LogP contribution in [0.25, 0.3) is 0 Å². The summed E-state index contributed by atoms with van der Waals surface area (Å²) in [5.74, 6) is -0.00856. The number of rotatable bonds is 14. The quantitative estimate of drug-likeness (QED) is 0.304. The summed E-state index contributed by atoms with van der Waals surface area (Å²) in [5, 5.41) is 32.3. The summed E-state index contributed by atoms with van der Waals surface area (Å²) in [4.78, 5) is 0. The molecule has 1 unspecified atom stereocenters. The highest BCUT2D eigenvalue weighted by Crippen LogP contribution is 2.40. The van der Waals surface area contributed by atoms with E-state index in [1.54, 1.807) is 12.1 Å². The predicted octanol–water partition coefficient (Wildman–Crippen LogP) is 2.08. The van der Waals surface area contributed by atoms with E-state index in [0.29, 0.717) is 29.5 Å². The average molecular weight is 482 g/mol. The minimum Gasteiger partial charge on any atom is -0.444 e. The monoisotopic (exact) mass is 481 g/mol. The Kier molecular flexibility index (Phi) is 9.76. The van der Waals surface area contributed by atoms with Crippen LogP contribution in [0.5, 0.6) is 11.5 Å². The van der Waals surface area contributed by atoms with Gasteiger partial charge in [-0.2, -0.15) is 0 Å². The van der Waals surface area contributed by atoms with E-state index < -0.39 is 11.9 Å². The number of hydrogen-bond donors (Lipinski definition) is 4. The van der Waals surface area contributed by atoms with Crippen molar-refractivity contribution in [1.29, 1.82) is 0 Å². The lowest BCUT2D eigenvalue weighted by Gasteiger charge is -2.27. The summed E-state index contributed by atoms with van der Waals surface area (Å²) in [5.41, 5.74) is 1.81. The molecule has 0 fully saturated rings. The van der Waals surface area contributed by atoms with Gasteiger partial charge in [0.2, 0.25) is 0 Å². The van der Waals surface area contributed by atoms with Crippen LogP contribution in [0.2, 0.25) is 5.02 Å². The first-order chi connectivity index (χ1) is 15.9. The van der Waals surface area contributed by atoms with Crippen LogP contribution in [0.1, 0.15) is 24.2 Å². The number of halogens is 1. The van der Waals surface area contributed by atoms with Crippen LogP contribution >= 0.6 is 11.6 Å². The zero-order chi connectivity index (χ0) is 23.7. The molecule has 1 heterocycles. The molecular weight excluding hydrogens is 450 g/mol. The van der Waals surface area contributed by atoms with Gasteiger partial charge in [-0.25, -0.2) is 0 Å². The molecule has 9 heteroatoms. The van der Waals surface area contributed by atoms with Gasteiger partial charge >= 0.3 is 0 Å². The molecule has 0 bridgehead atoms. The average Bonchev–Trinajstić information content (AvgIpc) is 3.15. The molecule has 182 valence electrons. The molecule has 0 amide bonds. The maximum absolute atomic E-state index is 10.4. The van der Waals surface area contributed by atoms with Gasteiger partial charge in [-0.15, -0.1) is 0 Å². The smallest absolute Gasteiger partial charge is 0.298 e. The first kappa shape index (κ1) is 25.7. The van der Waals surface area contributed by atoms with Crippen LogP contribution in [0, 0.1) is 0 Å². The van der Waals surface area contributed by atoms with E-state index in [1.807, 2.05) is 37.3 Å². The van der Waals surface area contributed by atoms with Crippen molar-refractivity contribution in [3.05, 3.63) is 58.6 Å². The van der Waals surface area contributed by atoms with E-state index in [4.69, 9.17) is 40.8 Å². The van der Waals surface area contributed by atoms with Crippen LogP contribution in [0.3, 0.4) is 0 Å². The molecule has 2 atom stereocenters. The Morgan fingerprint density at radius 2 is 1.70 bits per heavy atom. The van der Waals surface area contributed by atoms with Crippen molar-refractivity contribution < 1.29 is 34.3 Å². The van der Waals surface area contributed by atoms with Crippen molar-refractivity contribution in [3.8, 4) is 11.5 Å². The molecule has 0 saturated carbocycles. The Labute approximate surface area is 199 Å². The standard InChI is InChI=1S/C24H32ClNO7/c1-17(26-14-21(29)19-3-2-4-20(25)13-19)11-18-5-6-22-23(12-18)33-24(32-22,15-30-9-7-27)16-31-10-8-28/h2-6,12-13,17,21,26-29H,7-11,14-16H2,1H3/t17?,21-/m0/s1. The summed E-state index contributed by atoms with van der Waals surface area (Å²) < 4.78 is 22.9. The van der Waals surface area contributed by atoms with E-state index >= 15 is 0 Å². The highest BCUT2D eigenvalue weighted by Gasteiger charge is 2.42. The number of ether oxygens (including phenoxy) is 4. The predicted molar refractivity (Wildman–Crippen MR) is 124 cm³/mol. The summed E-state index contributed by atoms with van der Waals surface area (Å²) >= 11 is 6.00. The molecule has 0 radical (unpaired) electrons. The molecule has 8 nitrogen and oxygen atoms in total. The Morgan fingerprint density at radius 3 is 2.36 bits per heavy atom. The Balaban J connectivity index is 1.56. The fourth-order valence-corrected chi connectivity index (χ4v) is 3.78. The van der Waals surface area contributed by atoms with E-state index in [9.17, 15) is 5.11 Å². The largest absolute Gasteiger partial charge is 0.444 e. The highest BCUT2D eigenvalue weighted by molar-refractivity contribution is 6.30. The molecule has 0 spiro atoms. The molecule has 1 aliphatic heterocycles. The molecule has 2 aromatic rings. The molecule has 1 aliphatic rings. The van der Waals surface area contributed by atoms with Gasteiger partial charge in [-0.05, 0) is 48.7 Å². The van der Waals surface area contributed by atoms with Gasteiger partial charge in [0.25, 0.3) is 5.79 Å². The van der Waals surface area contributed by atoms with E-state index in [2.05, 4.69) is 5.32 Å². The molecular formula is C24H32ClNO7. The molecule has 3 rings (SSSR count). The summed E-state index contributed by atoms with van der Waals surface area (Å²) in [6.45, 7) is 2.68. The highest BCUT2D eigenvalue weighted by atomic mass is 35.5. The number of aliphatic hydroxyl groups is 3. The second-order valence-corrected chi connectivity index (χ2v) is 8.47. The number of benzene rings is 2. The maximum atomic E-state index is 10.4. The van der Waals surface area contributed by atoms with Crippen LogP contribution in [-0.2, 0) is 15.9 Å². The van der Waals surface area contributed by atoms with Crippen LogP contribution in [0.15, 0.2) is 42.5 Å². The fraction of sp³-hybridized carbons (Fsp3) is 0.500. The van der Waals surface area contributed by atoms with Gasteiger partial charge in [0.1, 0.15) is 13.2 Å². The lowest BCUT2D eigenvalue weighted by molar-refractivity contribution is -0.172. The lowest BCUT2D eigenvalue weighted by Crippen LogP contribution is -2.48. The summed E-state index contributed by atoms with van der Waals surface area (Å²) in [6.07, 6.45) is 0.0647. The second kappa shape index (κ2) is 12.5. The first-order valence-electron chi connectivity index (χ1n) is 11.0. The topological polar surface area (TPSA) is 110 Å². The summed E-state index contributed by atoms with van der Waals surface area (Å²) in [6, 6.07) is 13.0. The van der Waals surface area contributed by atoms with Gasteiger partial charge in [-0.3, -0.25) is 0 Å². The minimum absolute atomic E-state index is 0.0718. The molecule has 2 aromatic carbocycles. The van der Waals surface area contributed by atoms with Crippen molar-refractivity contribution in [2.45, 2.75) is 31.3 Å². The SMILES string of the molecule is CC(Cc1ccc2c(c1)OC(COCCO)(COCCO)O2)NC[C@H](O)c1cccc(Cl)c1. The fourth-order valence-electron chi connectivity index (χ4n) is 3.58. The van der Waals surface area contributed by atoms with Crippen molar-refractivity contribution >= 4 is 11.6 Å². The lowest BCUT2D eigenvalue weighted by atomic mass is 10.1. The molecule has 0 aliphatic carbocycles. The molecule has 0 saturated heterocycles. The molecule has 4 N–H and O–H groups in total. The maximum Gasteiger partial charge on any atom is 0.298 e. The normalized spacial score (nSPS) is 16.0. The van der Waals surface area contributed by atoms with Crippen molar-refractivity contribution in [2.75, 3.05) is 46.2 Å². The van der Waals surface area contributed by atoms with Crippen molar-refractivity contribution in [1.82, 2.24) is 5.32 Å². The van der Waals surface area contributed by atoms with Crippen LogP contribution in [-0.4, -0.2) is 73.3 Å². The van der Waals surface area contributed by atoms with Gasteiger partial charge in [0, 0.05) is 17.6 Å². The minimum atomic E-state index is -1.17.